The van der Waals surface area contributed by atoms with Crippen molar-refractivity contribution in [2.75, 3.05) is 0 Å². The molecule has 0 bridgehead atoms. The zero-order valence-electron chi connectivity index (χ0n) is 10.2. The van der Waals surface area contributed by atoms with Crippen molar-refractivity contribution in [3.8, 4) is 0 Å². The van der Waals surface area contributed by atoms with Crippen LogP contribution in [0, 0.1) is 5.82 Å². The Hall–Kier alpha value is -1.40. The molecule has 0 saturated carbocycles. The fraction of sp³-hybridized carbons (Fsp3) is 0.333. The minimum Gasteiger partial charge on any atom is -0.338 e. The largest absolute Gasteiger partial charge is 0.338 e. The summed E-state index contributed by atoms with van der Waals surface area (Å²) in [5, 5.41) is 3.80. The van der Waals surface area contributed by atoms with Crippen molar-refractivity contribution in [2.24, 2.45) is 5.73 Å². The van der Waals surface area contributed by atoms with Crippen molar-refractivity contribution in [3.05, 3.63) is 41.8 Å². The first-order chi connectivity index (χ1) is 8.47. The van der Waals surface area contributed by atoms with Gasteiger partial charge in [-0.05, 0) is 26.0 Å². The first-order valence-electron chi connectivity index (χ1n) is 5.46. The standard InChI is InChI=1S/C12H14FN3OS/c1-12(2,14)11-15-10(17-16-11)7-18-9-6-4-3-5-8(9)13/h3-6H,7,14H2,1-2H3. The van der Waals surface area contributed by atoms with Crippen molar-refractivity contribution in [3.63, 3.8) is 0 Å². The highest BCUT2D eigenvalue weighted by Gasteiger charge is 2.21. The number of hydrogen-bond acceptors (Lipinski definition) is 5. The molecule has 0 unspecified atom stereocenters. The van der Waals surface area contributed by atoms with Gasteiger partial charge in [0.1, 0.15) is 5.82 Å². The maximum absolute atomic E-state index is 13.4. The van der Waals surface area contributed by atoms with Gasteiger partial charge in [-0.15, -0.1) is 11.8 Å². The number of aromatic nitrogens is 2. The Balaban J connectivity index is 2.03. The molecule has 0 aliphatic rings. The predicted octanol–water partition coefficient (Wildman–Crippen LogP) is 2.69. The van der Waals surface area contributed by atoms with E-state index in [0.717, 1.165) is 0 Å². The number of rotatable bonds is 4. The molecular formula is C12H14FN3OS. The average molecular weight is 267 g/mol. The lowest BCUT2D eigenvalue weighted by atomic mass is 10.1. The molecule has 2 aromatic rings. The van der Waals surface area contributed by atoms with Gasteiger partial charge in [0.25, 0.3) is 0 Å². The molecule has 0 atom stereocenters. The van der Waals surface area contributed by atoms with E-state index in [0.29, 0.717) is 22.4 Å². The van der Waals surface area contributed by atoms with Crippen molar-refractivity contribution in [2.45, 2.75) is 30.0 Å². The average Bonchev–Trinajstić information content (AvgIpc) is 2.76. The predicted molar refractivity (Wildman–Crippen MR) is 67.5 cm³/mol. The van der Waals surface area contributed by atoms with Crippen LogP contribution in [0.4, 0.5) is 4.39 Å². The molecule has 1 aromatic carbocycles. The van der Waals surface area contributed by atoms with Crippen LogP contribution in [0.25, 0.3) is 0 Å². The van der Waals surface area contributed by atoms with Crippen LogP contribution in [-0.2, 0) is 11.3 Å². The zero-order valence-corrected chi connectivity index (χ0v) is 11.0. The fourth-order valence-electron chi connectivity index (χ4n) is 1.28. The van der Waals surface area contributed by atoms with Crippen LogP contribution in [0.2, 0.25) is 0 Å². The van der Waals surface area contributed by atoms with Crippen LogP contribution >= 0.6 is 11.8 Å². The van der Waals surface area contributed by atoms with Crippen molar-refractivity contribution in [1.29, 1.82) is 0 Å². The van der Waals surface area contributed by atoms with Crippen LogP contribution in [0.1, 0.15) is 25.6 Å². The summed E-state index contributed by atoms with van der Waals surface area (Å²) >= 11 is 1.31. The number of thioether (sulfide) groups is 1. The number of nitrogens with zero attached hydrogens (tertiary/aromatic N) is 2. The molecular weight excluding hydrogens is 253 g/mol. The second kappa shape index (κ2) is 5.07. The Morgan fingerprint density at radius 2 is 2.11 bits per heavy atom. The minimum absolute atomic E-state index is 0.249. The lowest BCUT2D eigenvalue weighted by Gasteiger charge is -2.11. The third kappa shape index (κ3) is 3.08. The zero-order chi connectivity index (χ0) is 13.2. The molecule has 18 heavy (non-hydrogen) atoms. The summed E-state index contributed by atoms with van der Waals surface area (Å²) < 4.78 is 18.4. The number of nitrogens with two attached hydrogens (primary N) is 1. The summed E-state index contributed by atoms with van der Waals surface area (Å²) in [7, 11) is 0. The second-order valence-corrected chi connectivity index (χ2v) is 5.47. The van der Waals surface area contributed by atoms with E-state index in [-0.39, 0.29) is 5.82 Å². The van der Waals surface area contributed by atoms with E-state index in [1.807, 2.05) is 0 Å². The molecule has 0 spiro atoms. The third-order valence-electron chi connectivity index (χ3n) is 2.23. The van der Waals surface area contributed by atoms with Gasteiger partial charge in [0, 0.05) is 4.90 Å². The summed E-state index contributed by atoms with van der Waals surface area (Å²) in [5.74, 6) is 1.06. The first kappa shape index (κ1) is 13.0. The number of hydrogen-bond donors (Lipinski definition) is 1. The topological polar surface area (TPSA) is 64.9 Å². The Bertz CT molecular complexity index is 536. The van der Waals surface area contributed by atoms with Crippen LogP contribution in [0.3, 0.4) is 0 Å². The van der Waals surface area contributed by atoms with Crippen molar-refractivity contribution in [1.82, 2.24) is 10.1 Å². The minimum atomic E-state index is -0.635. The van der Waals surface area contributed by atoms with Crippen molar-refractivity contribution < 1.29 is 8.91 Å². The molecule has 0 saturated heterocycles. The summed E-state index contributed by atoms with van der Waals surface area (Å²) in [5.41, 5.74) is 5.22. The summed E-state index contributed by atoms with van der Waals surface area (Å²) in [6.07, 6.45) is 0. The molecule has 1 heterocycles. The molecule has 6 heteroatoms. The molecule has 0 fully saturated rings. The summed E-state index contributed by atoms with van der Waals surface area (Å²) in [6.45, 7) is 3.59. The molecule has 0 radical (unpaired) electrons. The maximum atomic E-state index is 13.4. The van der Waals surface area contributed by atoms with Gasteiger partial charge >= 0.3 is 0 Å². The molecule has 0 aliphatic carbocycles. The molecule has 2 rings (SSSR count). The van der Waals surface area contributed by atoms with E-state index in [1.165, 1.54) is 17.8 Å². The van der Waals surface area contributed by atoms with Gasteiger partial charge in [0.2, 0.25) is 5.89 Å². The quantitative estimate of drug-likeness (QED) is 0.863. The molecule has 0 amide bonds. The highest BCUT2D eigenvalue weighted by Crippen LogP contribution is 2.25. The molecule has 4 nitrogen and oxygen atoms in total. The molecule has 96 valence electrons. The molecule has 2 N–H and O–H groups in total. The highest BCUT2D eigenvalue weighted by atomic mass is 32.2. The second-order valence-electron chi connectivity index (χ2n) is 4.45. The van der Waals surface area contributed by atoms with E-state index in [9.17, 15) is 4.39 Å². The maximum Gasteiger partial charge on any atom is 0.237 e. The van der Waals surface area contributed by atoms with E-state index in [1.54, 1.807) is 32.0 Å². The van der Waals surface area contributed by atoms with Gasteiger partial charge in [-0.3, -0.25) is 0 Å². The Morgan fingerprint density at radius 3 is 2.72 bits per heavy atom. The van der Waals surface area contributed by atoms with E-state index in [2.05, 4.69) is 10.1 Å². The number of halogens is 1. The Labute approximate surface area is 109 Å². The number of benzene rings is 1. The Morgan fingerprint density at radius 1 is 1.39 bits per heavy atom. The van der Waals surface area contributed by atoms with E-state index < -0.39 is 5.54 Å². The van der Waals surface area contributed by atoms with Gasteiger partial charge in [-0.2, -0.15) is 4.98 Å². The van der Waals surface area contributed by atoms with Gasteiger partial charge < -0.3 is 10.3 Å². The molecule has 0 aliphatic heterocycles. The SMILES string of the molecule is CC(C)(N)c1noc(CSc2ccccc2F)n1. The van der Waals surface area contributed by atoms with Gasteiger partial charge in [-0.25, -0.2) is 4.39 Å². The smallest absolute Gasteiger partial charge is 0.237 e. The summed E-state index contributed by atoms with van der Waals surface area (Å²) in [6, 6.07) is 6.57. The van der Waals surface area contributed by atoms with Crippen molar-refractivity contribution >= 4 is 11.8 Å². The van der Waals surface area contributed by atoms with E-state index in [4.69, 9.17) is 10.3 Å². The molecule has 1 aromatic heterocycles. The lowest BCUT2D eigenvalue weighted by molar-refractivity contribution is 0.370. The summed E-state index contributed by atoms with van der Waals surface area (Å²) in [4.78, 5) is 4.74. The van der Waals surface area contributed by atoms with Crippen LogP contribution in [0.15, 0.2) is 33.7 Å². The Kier molecular flexibility index (Phi) is 3.68. The van der Waals surface area contributed by atoms with Crippen LogP contribution in [-0.4, -0.2) is 10.1 Å². The van der Waals surface area contributed by atoms with Gasteiger partial charge in [-0.1, -0.05) is 17.3 Å². The lowest BCUT2D eigenvalue weighted by Crippen LogP contribution is -2.30. The highest BCUT2D eigenvalue weighted by molar-refractivity contribution is 7.98. The van der Waals surface area contributed by atoms with Gasteiger partial charge in [0.05, 0.1) is 11.3 Å². The van der Waals surface area contributed by atoms with Crippen LogP contribution in [0.5, 0.6) is 0 Å². The monoisotopic (exact) mass is 267 g/mol. The van der Waals surface area contributed by atoms with Gasteiger partial charge in [0.15, 0.2) is 5.82 Å². The van der Waals surface area contributed by atoms with E-state index >= 15 is 0 Å². The fourth-order valence-corrected chi connectivity index (χ4v) is 2.05. The normalized spacial score (nSPS) is 11.8. The third-order valence-corrected chi connectivity index (χ3v) is 3.27. The first-order valence-corrected chi connectivity index (χ1v) is 6.44. The van der Waals surface area contributed by atoms with Crippen LogP contribution < -0.4 is 5.73 Å².